The molecule has 1 aromatic heterocycles. The van der Waals surface area contributed by atoms with E-state index in [9.17, 15) is 9.59 Å². The predicted molar refractivity (Wildman–Crippen MR) is 100 cm³/mol. The maximum atomic E-state index is 12.1. The van der Waals surface area contributed by atoms with Crippen LogP contribution >= 0.6 is 0 Å². The summed E-state index contributed by atoms with van der Waals surface area (Å²) in [5.41, 5.74) is 2.48. The Bertz CT molecular complexity index is 904. The van der Waals surface area contributed by atoms with Gasteiger partial charge in [0.25, 0.3) is 5.56 Å². The van der Waals surface area contributed by atoms with E-state index in [2.05, 4.69) is 10.6 Å². The van der Waals surface area contributed by atoms with Crippen molar-refractivity contribution in [2.24, 2.45) is 0 Å². The number of rotatable bonds is 6. The zero-order valence-corrected chi connectivity index (χ0v) is 13.7. The number of anilines is 3. The molecule has 0 fully saturated rings. The van der Waals surface area contributed by atoms with E-state index >= 15 is 0 Å². The molecule has 0 bridgehead atoms. The zero-order chi connectivity index (χ0) is 17.5. The van der Waals surface area contributed by atoms with Crippen molar-refractivity contribution in [1.29, 1.82) is 0 Å². The monoisotopic (exact) mass is 333 g/mol. The van der Waals surface area contributed by atoms with Gasteiger partial charge in [0.2, 0.25) is 5.91 Å². The molecule has 0 radical (unpaired) electrons. The van der Waals surface area contributed by atoms with Gasteiger partial charge < -0.3 is 15.2 Å². The quantitative estimate of drug-likeness (QED) is 0.724. The number of hydrogen-bond donors (Lipinski definition) is 2. The van der Waals surface area contributed by atoms with Crippen molar-refractivity contribution in [3.05, 3.63) is 89.3 Å². The number of pyridine rings is 1. The molecule has 2 aromatic carbocycles. The molecule has 0 saturated heterocycles. The number of aromatic nitrogens is 1. The van der Waals surface area contributed by atoms with Crippen molar-refractivity contribution < 1.29 is 4.79 Å². The first-order valence-corrected chi connectivity index (χ1v) is 8.08. The molecule has 0 aliphatic heterocycles. The Morgan fingerprint density at radius 1 is 0.840 bits per heavy atom. The summed E-state index contributed by atoms with van der Waals surface area (Å²) >= 11 is 0. The lowest BCUT2D eigenvalue weighted by molar-refractivity contribution is -0.116. The Hall–Kier alpha value is -3.34. The van der Waals surface area contributed by atoms with Gasteiger partial charge in [-0.05, 0) is 36.4 Å². The molecule has 0 aliphatic carbocycles. The minimum absolute atomic E-state index is 0.107. The summed E-state index contributed by atoms with van der Waals surface area (Å²) in [6, 6.07) is 22.3. The van der Waals surface area contributed by atoms with E-state index in [1.54, 1.807) is 18.3 Å². The molecule has 126 valence electrons. The van der Waals surface area contributed by atoms with Gasteiger partial charge in [0.05, 0.1) is 0 Å². The first-order valence-electron chi connectivity index (χ1n) is 8.08. The van der Waals surface area contributed by atoms with Crippen LogP contribution in [0.4, 0.5) is 17.1 Å². The second-order valence-electron chi connectivity index (χ2n) is 5.60. The Balaban J connectivity index is 1.59. The molecule has 5 heteroatoms. The average molecular weight is 333 g/mol. The lowest BCUT2D eigenvalue weighted by atomic mass is 10.2. The van der Waals surface area contributed by atoms with Crippen molar-refractivity contribution in [3.63, 3.8) is 0 Å². The number of benzene rings is 2. The van der Waals surface area contributed by atoms with E-state index in [4.69, 9.17) is 0 Å². The van der Waals surface area contributed by atoms with Crippen molar-refractivity contribution in [2.45, 2.75) is 13.0 Å². The maximum absolute atomic E-state index is 12.1. The van der Waals surface area contributed by atoms with Crippen molar-refractivity contribution in [1.82, 2.24) is 4.57 Å². The first kappa shape index (κ1) is 16.5. The van der Waals surface area contributed by atoms with Gasteiger partial charge in [-0.15, -0.1) is 0 Å². The lowest BCUT2D eigenvalue weighted by Crippen LogP contribution is -2.21. The molecule has 0 spiro atoms. The molecule has 1 amide bonds. The normalized spacial score (nSPS) is 10.2. The summed E-state index contributed by atoms with van der Waals surface area (Å²) in [7, 11) is 0. The Morgan fingerprint density at radius 2 is 1.56 bits per heavy atom. The predicted octanol–water partition coefficient (Wildman–Crippen LogP) is 3.62. The standard InChI is InChI=1S/C20H19N3O2/c24-19(12-14-23-13-5-4-11-20(23)25)22-18-10-6-9-17(15-18)21-16-7-2-1-3-8-16/h1-11,13,15,21H,12,14H2,(H,22,24). The lowest BCUT2D eigenvalue weighted by Gasteiger charge is -2.10. The highest BCUT2D eigenvalue weighted by atomic mass is 16.1. The average Bonchev–Trinajstić information content (AvgIpc) is 2.62. The number of hydrogen-bond acceptors (Lipinski definition) is 3. The topological polar surface area (TPSA) is 63.1 Å². The van der Waals surface area contributed by atoms with Gasteiger partial charge in [-0.1, -0.05) is 30.3 Å². The van der Waals surface area contributed by atoms with Crippen LogP contribution < -0.4 is 16.2 Å². The number of aryl methyl sites for hydroxylation is 1. The fraction of sp³-hybridized carbons (Fsp3) is 0.100. The zero-order valence-electron chi connectivity index (χ0n) is 13.7. The largest absolute Gasteiger partial charge is 0.355 e. The second-order valence-corrected chi connectivity index (χ2v) is 5.60. The summed E-state index contributed by atoms with van der Waals surface area (Å²) in [6.45, 7) is 0.355. The van der Waals surface area contributed by atoms with Crippen molar-refractivity contribution in [3.8, 4) is 0 Å². The number of carbonyl (C=O) groups is 1. The Morgan fingerprint density at radius 3 is 2.36 bits per heavy atom. The molecule has 0 atom stereocenters. The van der Waals surface area contributed by atoms with Gasteiger partial charge in [-0.2, -0.15) is 0 Å². The van der Waals surface area contributed by atoms with Crippen LogP contribution in [0.15, 0.2) is 83.8 Å². The van der Waals surface area contributed by atoms with Crippen LogP contribution in [0.1, 0.15) is 6.42 Å². The van der Waals surface area contributed by atoms with Gasteiger partial charge in [0.15, 0.2) is 0 Å². The van der Waals surface area contributed by atoms with Gasteiger partial charge in [-0.25, -0.2) is 0 Å². The summed E-state index contributed by atoms with van der Waals surface area (Å²) in [5, 5.41) is 6.15. The van der Waals surface area contributed by atoms with E-state index in [0.29, 0.717) is 12.2 Å². The number of para-hydroxylation sites is 1. The fourth-order valence-electron chi connectivity index (χ4n) is 2.45. The minimum atomic E-state index is -0.132. The molecule has 0 unspecified atom stereocenters. The van der Waals surface area contributed by atoms with Gasteiger partial charge in [0.1, 0.15) is 0 Å². The highest BCUT2D eigenvalue weighted by Gasteiger charge is 2.04. The molecule has 1 heterocycles. The smallest absolute Gasteiger partial charge is 0.250 e. The number of nitrogens with zero attached hydrogens (tertiary/aromatic N) is 1. The Labute approximate surface area is 145 Å². The van der Waals surface area contributed by atoms with Gasteiger partial charge in [0, 0.05) is 42.3 Å². The van der Waals surface area contributed by atoms with Crippen LogP contribution in [0.2, 0.25) is 0 Å². The number of carbonyl (C=O) groups excluding carboxylic acids is 1. The summed E-state index contributed by atoms with van der Waals surface area (Å²) < 4.78 is 1.52. The van der Waals surface area contributed by atoms with E-state index in [1.807, 2.05) is 54.6 Å². The Kier molecular flexibility index (Phi) is 5.26. The van der Waals surface area contributed by atoms with Crippen molar-refractivity contribution >= 4 is 23.0 Å². The molecule has 25 heavy (non-hydrogen) atoms. The molecule has 0 saturated carbocycles. The van der Waals surface area contributed by atoms with Crippen LogP contribution in [0.5, 0.6) is 0 Å². The van der Waals surface area contributed by atoms with Gasteiger partial charge in [-0.3, -0.25) is 9.59 Å². The third-order valence-corrected chi connectivity index (χ3v) is 3.69. The molecular formula is C20H19N3O2. The summed E-state index contributed by atoms with van der Waals surface area (Å²) in [5.74, 6) is -0.132. The maximum Gasteiger partial charge on any atom is 0.250 e. The molecule has 2 N–H and O–H groups in total. The number of nitrogens with one attached hydrogen (secondary N) is 2. The van der Waals surface area contributed by atoms with E-state index in [0.717, 1.165) is 11.4 Å². The van der Waals surface area contributed by atoms with Crippen LogP contribution in [0.25, 0.3) is 0 Å². The van der Waals surface area contributed by atoms with Crippen LogP contribution in [0, 0.1) is 0 Å². The molecular weight excluding hydrogens is 314 g/mol. The van der Waals surface area contributed by atoms with E-state index in [1.165, 1.54) is 10.6 Å². The first-order chi connectivity index (χ1) is 12.2. The summed E-state index contributed by atoms with van der Waals surface area (Å²) in [6.07, 6.45) is 1.92. The van der Waals surface area contributed by atoms with E-state index < -0.39 is 0 Å². The van der Waals surface area contributed by atoms with Gasteiger partial charge >= 0.3 is 0 Å². The highest BCUT2D eigenvalue weighted by molar-refractivity contribution is 5.91. The van der Waals surface area contributed by atoms with Crippen molar-refractivity contribution in [2.75, 3.05) is 10.6 Å². The SMILES string of the molecule is O=C(CCn1ccccc1=O)Nc1cccc(Nc2ccccc2)c1. The fourth-order valence-corrected chi connectivity index (χ4v) is 2.45. The second kappa shape index (κ2) is 7.97. The third-order valence-electron chi connectivity index (χ3n) is 3.69. The molecule has 3 aromatic rings. The molecule has 5 nitrogen and oxygen atoms in total. The van der Waals surface area contributed by atoms with Crippen LogP contribution in [-0.2, 0) is 11.3 Å². The third kappa shape index (κ3) is 4.81. The minimum Gasteiger partial charge on any atom is -0.355 e. The van der Waals surface area contributed by atoms with E-state index in [-0.39, 0.29) is 17.9 Å². The van der Waals surface area contributed by atoms with Crippen LogP contribution in [0.3, 0.4) is 0 Å². The molecule has 0 aliphatic rings. The molecule has 3 rings (SSSR count). The van der Waals surface area contributed by atoms with Crippen LogP contribution in [-0.4, -0.2) is 10.5 Å². The summed E-state index contributed by atoms with van der Waals surface area (Å²) in [4.78, 5) is 23.8. The highest BCUT2D eigenvalue weighted by Crippen LogP contribution is 2.20. The number of amides is 1.